The summed E-state index contributed by atoms with van der Waals surface area (Å²) in [5.41, 5.74) is 3.40. The van der Waals surface area contributed by atoms with E-state index in [2.05, 4.69) is 5.32 Å². The molecule has 6 nitrogen and oxygen atoms in total. The molecule has 0 unspecified atom stereocenters. The minimum atomic E-state index is -3.63. The molecule has 1 N–H and O–H groups in total. The summed E-state index contributed by atoms with van der Waals surface area (Å²) in [6, 6.07) is 11.8. The van der Waals surface area contributed by atoms with Gasteiger partial charge in [0, 0.05) is 6.54 Å². The van der Waals surface area contributed by atoms with Crippen LogP contribution in [-0.4, -0.2) is 33.7 Å². The molecule has 0 radical (unpaired) electrons. The lowest BCUT2D eigenvalue weighted by molar-refractivity contribution is -0.122. The number of rotatable bonds is 7. The van der Waals surface area contributed by atoms with Crippen LogP contribution in [0.4, 0.5) is 5.69 Å². The maximum atomic E-state index is 12.6. The summed E-state index contributed by atoms with van der Waals surface area (Å²) < 4.78 is 31.0. The van der Waals surface area contributed by atoms with Gasteiger partial charge in [0.15, 0.2) is 0 Å². The zero-order chi connectivity index (χ0) is 20.2. The third-order valence-corrected chi connectivity index (χ3v) is 5.70. The van der Waals surface area contributed by atoms with E-state index in [4.69, 9.17) is 4.74 Å². The highest BCUT2D eigenvalue weighted by Crippen LogP contribution is 2.23. The molecule has 0 fully saturated rings. The van der Waals surface area contributed by atoms with Gasteiger partial charge in [-0.05, 0) is 61.7 Å². The Bertz CT molecular complexity index is 908. The van der Waals surface area contributed by atoms with Crippen molar-refractivity contribution in [2.24, 2.45) is 0 Å². The molecule has 0 aromatic heterocycles. The first-order chi connectivity index (χ1) is 12.6. The van der Waals surface area contributed by atoms with E-state index in [1.54, 1.807) is 26.2 Å². The third-order valence-electron chi connectivity index (χ3n) is 4.46. The Morgan fingerprint density at radius 1 is 1.11 bits per heavy atom. The van der Waals surface area contributed by atoms with E-state index in [0.717, 1.165) is 33.0 Å². The molecule has 1 atom stereocenters. The van der Waals surface area contributed by atoms with E-state index < -0.39 is 16.1 Å². The van der Waals surface area contributed by atoms with Crippen molar-refractivity contribution in [3.8, 4) is 5.75 Å². The monoisotopic (exact) mass is 390 g/mol. The molecule has 0 aliphatic heterocycles. The highest BCUT2D eigenvalue weighted by Gasteiger charge is 2.29. The van der Waals surface area contributed by atoms with Crippen LogP contribution in [0.2, 0.25) is 0 Å². The first-order valence-corrected chi connectivity index (χ1v) is 10.5. The standard InChI is InChI=1S/C20H26N2O4S/c1-14-6-9-18(12-15(14)2)22(27(5,24)25)16(3)20(23)21-13-17-7-10-19(26-4)11-8-17/h6-12,16H,13H2,1-5H3,(H,21,23)/t16-/m0/s1. The fourth-order valence-electron chi connectivity index (χ4n) is 2.75. The topological polar surface area (TPSA) is 75.7 Å². The second-order valence-corrected chi connectivity index (χ2v) is 8.43. The van der Waals surface area contributed by atoms with Gasteiger partial charge in [0.25, 0.3) is 0 Å². The van der Waals surface area contributed by atoms with Gasteiger partial charge in [0.05, 0.1) is 19.1 Å². The molecule has 0 aliphatic rings. The van der Waals surface area contributed by atoms with E-state index in [9.17, 15) is 13.2 Å². The molecule has 0 bridgehead atoms. The lowest BCUT2D eigenvalue weighted by Crippen LogP contribution is -2.47. The van der Waals surface area contributed by atoms with Crippen LogP contribution in [0.25, 0.3) is 0 Å². The Morgan fingerprint density at radius 3 is 2.26 bits per heavy atom. The van der Waals surface area contributed by atoms with Crippen LogP contribution in [-0.2, 0) is 21.4 Å². The van der Waals surface area contributed by atoms with Crippen molar-refractivity contribution in [3.63, 3.8) is 0 Å². The van der Waals surface area contributed by atoms with Crippen LogP contribution >= 0.6 is 0 Å². The normalized spacial score (nSPS) is 12.3. The highest BCUT2D eigenvalue weighted by atomic mass is 32.2. The number of methoxy groups -OCH3 is 1. The zero-order valence-corrected chi connectivity index (χ0v) is 17.1. The summed E-state index contributed by atoms with van der Waals surface area (Å²) in [6.45, 7) is 5.75. The zero-order valence-electron chi connectivity index (χ0n) is 16.3. The van der Waals surface area contributed by atoms with Crippen molar-refractivity contribution >= 4 is 21.6 Å². The summed E-state index contributed by atoms with van der Waals surface area (Å²) in [4.78, 5) is 12.6. The second-order valence-electron chi connectivity index (χ2n) is 6.57. The van der Waals surface area contributed by atoms with Crippen LogP contribution < -0.4 is 14.4 Å². The van der Waals surface area contributed by atoms with E-state index in [1.165, 1.54) is 0 Å². The lowest BCUT2D eigenvalue weighted by Gasteiger charge is -2.28. The molecular weight excluding hydrogens is 364 g/mol. The number of nitrogens with one attached hydrogen (secondary N) is 1. The predicted molar refractivity (Wildman–Crippen MR) is 108 cm³/mol. The van der Waals surface area contributed by atoms with Crippen LogP contribution in [0.3, 0.4) is 0 Å². The van der Waals surface area contributed by atoms with Crippen molar-refractivity contribution in [2.75, 3.05) is 17.7 Å². The minimum absolute atomic E-state index is 0.303. The predicted octanol–water partition coefficient (Wildman–Crippen LogP) is 2.78. The molecule has 0 aliphatic carbocycles. The van der Waals surface area contributed by atoms with E-state index >= 15 is 0 Å². The Morgan fingerprint density at radius 2 is 1.74 bits per heavy atom. The van der Waals surface area contributed by atoms with Gasteiger partial charge in [-0.3, -0.25) is 9.10 Å². The number of carbonyl (C=O) groups is 1. The average Bonchev–Trinajstić information content (AvgIpc) is 2.62. The number of sulfonamides is 1. The van der Waals surface area contributed by atoms with E-state index in [-0.39, 0.29) is 5.91 Å². The molecule has 0 heterocycles. The Balaban J connectivity index is 2.17. The fraction of sp³-hybridized carbons (Fsp3) is 0.350. The summed E-state index contributed by atoms with van der Waals surface area (Å²) in [5.74, 6) is 0.367. The van der Waals surface area contributed by atoms with Gasteiger partial charge in [-0.2, -0.15) is 0 Å². The van der Waals surface area contributed by atoms with Gasteiger partial charge < -0.3 is 10.1 Å². The van der Waals surface area contributed by atoms with Gasteiger partial charge in [0.2, 0.25) is 15.9 Å². The SMILES string of the molecule is COc1ccc(CNC(=O)[C@H](C)N(c2ccc(C)c(C)c2)S(C)(=O)=O)cc1. The second kappa shape index (κ2) is 8.43. The largest absolute Gasteiger partial charge is 0.497 e. The van der Waals surface area contributed by atoms with Crippen LogP contribution in [0.15, 0.2) is 42.5 Å². The average molecular weight is 391 g/mol. The number of nitrogens with zero attached hydrogens (tertiary/aromatic N) is 1. The summed E-state index contributed by atoms with van der Waals surface area (Å²) in [5, 5.41) is 2.80. The van der Waals surface area contributed by atoms with Crippen molar-refractivity contribution in [2.45, 2.75) is 33.4 Å². The number of amides is 1. The smallest absolute Gasteiger partial charge is 0.243 e. The van der Waals surface area contributed by atoms with Crippen molar-refractivity contribution < 1.29 is 17.9 Å². The van der Waals surface area contributed by atoms with Crippen molar-refractivity contribution in [1.82, 2.24) is 5.32 Å². The number of carbonyl (C=O) groups excluding carboxylic acids is 1. The minimum Gasteiger partial charge on any atom is -0.497 e. The number of anilines is 1. The first kappa shape index (κ1) is 20.8. The van der Waals surface area contributed by atoms with Crippen molar-refractivity contribution in [1.29, 1.82) is 0 Å². The molecule has 2 aromatic carbocycles. The third kappa shape index (κ3) is 5.23. The quantitative estimate of drug-likeness (QED) is 0.789. The molecular formula is C20H26N2O4S. The molecule has 0 saturated carbocycles. The maximum absolute atomic E-state index is 12.6. The van der Waals surface area contributed by atoms with Crippen LogP contribution in [0.5, 0.6) is 5.75 Å². The van der Waals surface area contributed by atoms with Gasteiger partial charge >= 0.3 is 0 Å². The number of aryl methyl sites for hydroxylation is 2. The van der Waals surface area contributed by atoms with E-state index in [0.29, 0.717) is 12.2 Å². The Labute approximate surface area is 161 Å². The number of hydrogen-bond donors (Lipinski definition) is 1. The number of hydrogen-bond acceptors (Lipinski definition) is 4. The molecule has 0 spiro atoms. The van der Waals surface area contributed by atoms with E-state index in [1.807, 2.05) is 44.2 Å². The number of benzene rings is 2. The van der Waals surface area contributed by atoms with Gasteiger partial charge in [-0.25, -0.2) is 8.42 Å². The summed E-state index contributed by atoms with van der Waals surface area (Å²) >= 11 is 0. The Kier molecular flexibility index (Phi) is 6.49. The number of ether oxygens (including phenoxy) is 1. The van der Waals surface area contributed by atoms with Crippen LogP contribution in [0, 0.1) is 13.8 Å². The summed E-state index contributed by atoms with van der Waals surface area (Å²) in [6.07, 6.45) is 1.11. The molecule has 2 rings (SSSR count). The van der Waals surface area contributed by atoms with Gasteiger partial charge in [-0.1, -0.05) is 18.2 Å². The molecule has 7 heteroatoms. The fourth-order valence-corrected chi connectivity index (χ4v) is 3.92. The molecule has 146 valence electrons. The molecule has 2 aromatic rings. The van der Waals surface area contributed by atoms with Gasteiger partial charge in [0.1, 0.15) is 11.8 Å². The van der Waals surface area contributed by atoms with Crippen LogP contribution in [0.1, 0.15) is 23.6 Å². The maximum Gasteiger partial charge on any atom is 0.243 e. The first-order valence-electron chi connectivity index (χ1n) is 8.60. The lowest BCUT2D eigenvalue weighted by atomic mass is 10.1. The Hall–Kier alpha value is -2.54. The highest BCUT2D eigenvalue weighted by molar-refractivity contribution is 7.92. The van der Waals surface area contributed by atoms with Crippen molar-refractivity contribution in [3.05, 3.63) is 59.2 Å². The molecule has 1 amide bonds. The molecule has 27 heavy (non-hydrogen) atoms. The molecule has 0 saturated heterocycles. The summed E-state index contributed by atoms with van der Waals surface area (Å²) in [7, 11) is -2.04. The van der Waals surface area contributed by atoms with Gasteiger partial charge in [-0.15, -0.1) is 0 Å².